The minimum atomic E-state index is -0.754. The summed E-state index contributed by atoms with van der Waals surface area (Å²) in [4.78, 5) is 33.5. The molecular weight excluding hydrogens is 420 g/mol. The van der Waals surface area contributed by atoms with E-state index in [0.717, 1.165) is 0 Å². The van der Waals surface area contributed by atoms with Gasteiger partial charge in [-0.3, -0.25) is 4.98 Å². The Hall–Kier alpha value is -3.02. The van der Waals surface area contributed by atoms with Crippen molar-refractivity contribution in [2.45, 2.75) is 20.3 Å². The lowest BCUT2D eigenvalue weighted by Crippen LogP contribution is -2.16. The Morgan fingerprint density at radius 1 is 1.33 bits per heavy atom. The summed E-state index contributed by atoms with van der Waals surface area (Å²) in [5.74, 6) is 4.33. The van der Waals surface area contributed by atoms with Crippen LogP contribution in [-0.2, 0) is 9.53 Å². The van der Waals surface area contributed by atoms with Crippen molar-refractivity contribution in [3.63, 3.8) is 0 Å². The molecule has 2 rings (SSSR count). The molecule has 0 aliphatic heterocycles. The third kappa shape index (κ3) is 6.24. The standard InChI is InChI=1S/C22H20N2O4.H2S2/c1-5-8-13-17-16-12-9-14-23-18(16)20(19(24-17)22(26)27-4)28-21(25)15(10-6-2)11-7-3;1-2/h6-7,9-12,14H,2,5H2,1,3-4H3;1-2H/b11-7-,15-10+;. The topological polar surface area (TPSA) is 78.4 Å². The summed E-state index contributed by atoms with van der Waals surface area (Å²) in [6.45, 7) is 7.26. The smallest absolute Gasteiger partial charge is 0.360 e. The average molecular weight is 443 g/mol. The maximum Gasteiger partial charge on any atom is 0.360 e. The second kappa shape index (κ2) is 13.2. The molecule has 0 aromatic carbocycles. The number of rotatable bonds is 5. The van der Waals surface area contributed by atoms with E-state index in [1.165, 1.54) is 25.5 Å². The van der Waals surface area contributed by atoms with Gasteiger partial charge in [0, 0.05) is 18.0 Å². The van der Waals surface area contributed by atoms with Crippen molar-refractivity contribution in [3.05, 3.63) is 66.2 Å². The molecule has 2 aromatic rings. The Labute approximate surface area is 186 Å². The lowest BCUT2D eigenvalue weighted by atomic mass is 10.1. The normalized spacial score (nSPS) is 10.5. The molecule has 0 N–H and O–H groups in total. The molecule has 0 fully saturated rings. The van der Waals surface area contributed by atoms with Crippen molar-refractivity contribution in [2.75, 3.05) is 7.11 Å². The molecule has 0 saturated carbocycles. The average Bonchev–Trinajstić information content (AvgIpc) is 2.79. The van der Waals surface area contributed by atoms with Crippen molar-refractivity contribution in [2.24, 2.45) is 0 Å². The molecule has 6 nitrogen and oxygen atoms in total. The van der Waals surface area contributed by atoms with Crippen molar-refractivity contribution >= 4 is 46.2 Å². The van der Waals surface area contributed by atoms with Gasteiger partial charge in [-0.05, 0) is 31.1 Å². The first kappa shape index (κ1) is 25.0. The third-order valence-electron chi connectivity index (χ3n) is 3.55. The fourth-order valence-corrected chi connectivity index (χ4v) is 2.36. The Balaban J connectivity index is 0.00000218. The van der Waals surface area contributed by atoms with Crippen LogP contribution in [-0.4, -0.2) is 29.0 Å². The van der Waals surface area contributed by atoms with E-state index in [2.05, 4.69) is 51.7 Å². The van der Waals surface area contributed by atoms with E-state index >= 15 is 0 Å². The highest BCUT2D eigenvalue weighted by Gasteiger charge is 2.24. The number of esters is 2. The quantitative estimate of drug-likeness (QED) is 0.177. The third-order valence-corrected chi connectivity index (χ3v) is 3.55. The van der Waals surface area contributed by atoms with Gasteiger partial charge in [0.1, 0.15) is 11.2 Å². The van der Waals surface area contributed by atoms with E-state index in [1.54, 1.807) is 31.2 Å². The predicted molar refractivity (Wildman–Crippen MR) is 125 cm³/mol. The van der Waals surface area contributed by atoms with E-state index in [9.17, 15) is 9.59 Å². The molecule has 2 aromatic heterocycles. The predicted octanol–water partition coefficient (Wildman–Crippen LogP) is 4.53. The molecule has 0 aliphatic carbocycles. The van der Waals surface area contributed by atoms with Crippen LogP contribution in [0.3, 0.4) is 0 Å². The molecule has 0 aliphatic rings. The van der Waals surface area contributed by atoms with Crippen LogP contribution in [0, 0.1) is 11.8 Å². The van der Waals surface area contributed by atoms with Crippen LogP contribution in [0.1, 0.15) is 36.5 Å². The molecule has 0 spiro atoms. The van der Waals surface area contributed by atoms with E-state index < -0.39 is 11.9 Å². The molecular formula is C22H22N2O4S2. The molecule has 156 valence electrons. The van der Waals surface area contributed by atoms with Gasteiger partial charge in [-0.25, -0.2) is 14.6 Å². The number of aromatic nitrogens is 2. The van der Waals surface area contributed by atoms with Crippen LogP contribution < -0.4 is 4.74 Å². The number of hydrogen-bond acceptors (Lipinski definition) is 8. The number of carbonyl (C=O) groups is 2. The van der Waals surface area contributed by atoms with Gasteiger partial charge in [0.05, 0.1) is 12.7 Å². The maximum absolute atomic E-state index is 12.6. The van der Waals surface area contributed by atoms with E-state index in [4.69, 9.17) is 9.47 Å². The first-order valence-corrected chi connectivity index (χ1v) is 10.4. The van der Waals surface area contributed by atoms with Crippen molar-refractivity contribution in [1.29, 1.82) is 0 Å². The zero-order chi connectivity index (χ0) is 22.5. The van der Waals surface area contributed by atoms with Crippen LogP contribution in [0.5, 0.6) is 5.75 Å². The van der Waals surface area contributed by atoms with Crippen LogP contribution in [0.15, 0.2) is 54.8 Å². The Morgan fingerprint density at radius 3 is 2.67 bits per heavy atom. The number of pyridine rings is 2. The molecule has 0 radical (unpaired) electrons. The fourth-order valence-electron chi connectivity index (χ4n) is 2.36. The van der Waals surface area contributed by atoms with E-state index in [-0.39, 0.29) is 17.0 Å². The summed E-state index contributed by atoms with van der Waals surface area (Å²) in [7, 11) is 1.22. The number of methoxy groups -OCH3 is 1. The van der Waals surface area contributed by atoms with Crippen LogP contribution in [0.25, 0.3) is 10.9 Å². The van der Waals surface area contributed by atoms with Crippen molar-refractivity contribution in [1.82, 2.24) is 9.97 Å². The number of thiol groups is 2. The lowest BCUT2D eigenvalue weighted by Gasteiger charge is -2.12. The number of allylic oxidation sites excluding steroid dienone is 3. The lowest BCUT2D eigenvalue weighted by molar-refractivity contribution is -0.129. The molecule has 30 heavy (non-hydrogen) atoms. The minimum absolute atomic E-state index is 0.0750. The molecule has 0 amide bonds. The molecule has 0 bridgehead atoms. The largest absolute Gasteiger partial charge is 0.464 e. The van der Waals surface area contributed by atoms with Crippen molar-refractivity contribution in [3.8, 4) is 17.6 Å². The summed E-state index contributed by atoms with van der Waals surface area (Å²) in [6, 6.07) is 3.47. The van der Waals surface area contributed by atoms with Gasteiger partial charge in [0.15, 0.2) is 11.4 Å². The number of carbonyl (C=O) groups excluding carboxylic acids is 2. The summed E-state index contributed by atoms with van der Waals surface area (Å²) >= 11 is 6.44. The number of fused-ring (bicyclic) bond motifs is 1. The van der Waals surface area contributed by atoms with Gasteiger partial charge in [0.2, 0.25) is 0 Å². The van der Waals surface area contributed by atoms with Crippen LogP contribution >= 0.6 is 23.3 Å². The highest BCUT2D eigenvalue weighted by molar-refractivity contribution is 8.59. The summed E-state index contributed by atoms with van der Waals surface area (Å²) in [5, 5.41) is 0.569. The van der Waals surface area contributed by atoms with Crippen LogP contribution in [0.4, 0.5) is 0 Å². The van der Waals surface area contributed by atoms with Gasteiger partial charge in [-0.15, -0.1) is 23.3 Å². The number of nitrogens with zero attached hydrogens (tertiary/aromatic N) is 2. The van der Waals surface area contributed by atoms with Crippen molar-refractivity contribution < 1.29 is 19.1 Å². The van der Waals surface area contributed by atoms with Gasteiger partial charge in [-0.1, -0.05) is 37.7 Å². The molecule has 8 heteroatoms. The molecule has 0 atom stereocenters. The Bertz CT molecular complexity index is 1050. The summed E-state index contributed by atoms with van der Waals surface area (Å²) < 4.78 is 10.3. The summed E-state index contributed by atoms with van der Waals surface area (Å²) in [5.41, 5.74) is 0.749. The Morgan fingerprint density at radius 2 is 2.07 bits per heavy atom. The summed E-state index contributed by atoms with van der Waals surface area (Å²) in [6.07, 6.45) is 8.39. The molecule has 2 heterocycles. The number of hydrogen-bond donors (Lipinski definition) is 2. The van der Waals surface area contributed by atoms with Gasteiger partial charge in [-0.2, -0.15) is 0 Å². The van der Waals surface area contributed by atoms with E-state index in [1.807, 2.05) is 6.92 Å². The second-order valence-electron chi connectivity index (χ2n) is 5.43. The first-order valence-electron chi connectivity index (χ1n) is 8.80. The van der Waals surface area contributed by atoms with Gasteiger partial charge in [0.25, 0.3) is 0 Å². The first-order chi connectivity index (χ1) is 14.6. The maximum atomic E-state index is 12.6. The fraction of sp³-hybridized carbons (Fsp3) is 0.182. The Kier molecular flexibility index (Phi) is 11.0. The van der Waals surface area contributed by atoms with E-state index in [0.29, 0.717) is 23.0 Å². The SMILES string of the molecule is C=C/C=C(\C=C/C)C(=O)Oc1c(C(=O)OC)nc(C#CCC)c2cccnc12.SS. The second-order valence-corrected chi connectivity index (χ2v) is 5.43. The molecule has 0 unspecified atom stereocenters. The highest BCUT2D eigenvalue weighted by Crippen LogP contribution is 2.30. The van der Waals surface area contributed by atoms with Gasteiger partial charge < -0.3 is 9.47 Å². The van der Waals surface area contributed by atoms with Gasteiger partial charge >= 0.3 is 11.9 Å². The van der Waals surface area contributed by atoms with Crippen LogP contribution in [0.2, 0.25) is 0 Å². The molecule has 0 saturated heterocycles. The number of ether oxygens (including phenoxy) is 2. The monoisotopic (exact) mass is 442 g/mol. The zero-order valence-electron chi connectivity index (χ0n) is 16.9. The highest BCUT2D eigenvalue weighted by atomic mass is 33.1. The minimum Gasteiger partial charge on any atom is -0.464 e. The zero-order valence-corrected chi connectivity index (χ0v) is 18.7.